The second-order valence-electron chi connectivity index (χ2n) is 7.57. The monoisotopic (exact) mass is 472 g/mol. The first kappa shape index (κ1) is 23.7. The number of thioether (sulfide) groups is 1. The van der Waals surface area contributed by atoms with Crippen molar-refractivity contribution in [2.75, 3.05) is 23.1 Å². The third kappa shape index (κ3) is 6.05. The van der Waals surface area contributed by atoms with Crippen molar-refractivity contribution in [2.24, 2.45) is 0 Å². The molecule has 0 aliphatic heterocycles. The summed E-state index contributed by atoms with van der Waals surface area (Å²) in [7, 11) is -3.45. The van der Waals surface area contributed by atoms with Crippen molar-refractivity contribution in [3.8, 4) is 12.1 Å². The van der Waals surface area contributed by atoms with Crippen LogP contribution in [-0.2, 0) is 9.84 Å². The number of nitrogens with zero attached hydrogens (tertiary/aromatic N) is 6. The third-order valence-corrected chi connectivity index (χ3v) is 6.60. The van der Waals surface area contributed by atoms with Gasteiger partial charge in [-0.15, -0.1) is 0 Å². The van der Waals surface area contributed by atoms with E-state index in [1.54, 1.807) is 6.20 Å². The van der Waals surface area contributed by atoms with E-state index in [4.69, 9.17) is 10.5 Å². The van der Waals surface area contributed by atoms with Gasteiger partial charge >= 0.3 is 0 Å². The molecule has 10 nitrogen and oxygen atoms in total. The Labute approximate surface area is 191 Å². The Morgan fingerprint density at radius 2 is 1.44 bits per heavy atom. The van der Waals surface area contributed by atoms with Crippen LogP contribution in [0.3, 0.4) is 0 Å². The van der Waals surface area contributed by atoms with Gasteiger partial charge in [-0.3, -0.25) is 0 Å². The Kier molecular flexibility index (Phi) is 7.83. The highest BCUT2D eigenvalue weighted by atomic mass is 32.2. The summed E-state index contributed by atoms with van der Waals surface area (Å²) < 4.78 is 22.6. The highest BCUT2D eigenvalue weighted by molar-refractivity contribution is 7.98. The number of sulfone groups is 1. The van der Waals surface area contributed by atoms with Crippen LogP contribution >= 0.6 is 11.8 Å². The molecule has 4 rings (SSSR count). The fraction of sp³-hybridized carbons (Fsp3) is 0.500. The van der Waals surface area contributed by atoms with Gasteiger partial charge in [-0.2, -0.15) is 15.5 Å². The molecule has 0 bridgehead atoms. The number of nitriles is 2. The molecule has 0 unspecified atom stereocenters. The van der Waals surface area contributed by atoms with E-state index in [0.717, 1.165) is 25.5 Å². The normalized spacial score (nSPS) is 15.8. The Hall–Kier alpha value is -2.96. The molecule has 2 aliphatic rings. The van der Waals surface area contributed by atoms with Crippen molar-refractivity contribution >= 4 is 33.2 Å². The van der Waals surface area contributed by atoms with Gasteiger partial charge in [-0.05, 0) is 44.8 Å². The van der Waals surface area contributed by atoms with Gasteiger partial charge in [0.1, 0.15) is 34.9 Å². The minimum absolute atomic E-state index is 0.252. The maximum Gasteiger partial charge on any atom is 0.248 e. The molecule has 0 atom stereocenters. The molecular formula is C20H24N8O2S2. The van der Waals surface area contributed by atoms with Crippen LogP contribution in [0.1, 0.15) is 49.7 Å². The van der Waals surface area contributed by atoms with Gasteiger partial charge in [0.05, 0.1) is 12.4 Å². The van der Waals surface area contributed by atoms with E-state index >= 15 is 0 Å². The second-order valence-corrected chi connectivity index (χ2v) is 10.3. The number of anilines is 2. The van der Waals surface area contributed by atoms with E-state index in [0.29, 0.717) is 28.4 Å². The van der Waals surface area contributed by atoms with Gasteiger partial charge in [0.25, 0.3) is 0 Å². The van der Waals surface area contributed by atoms with Gasteiger partial charge < -0.3 is 10.6 Å². The van der Waals surface area contributed by atoms with E-state index in [1.807, 2.05) is 12.3 Å². The van der Waals surface area contributed by atoms with E-state index in [2.05, 4.69) is 36.6 Å². The Bertz CT molecular complexity index is 1150. The van der Waals surface area contributed by atoms with E-state index < -0.39 is 9.84 Å². The largest absolute Gasteiger partial charge is 0.366 e. The summed E-state index contributed by atoms with van der Waals surface area (Å²) in [6, 6.07) is 4.82. The summed E-state index contributed by atoms with van der Waals surface area (Å²) in [5.74, 6) is 0.995. The Morgan fingerprint density at radius 3 is 1.84 bits per heavy atom. The van der Waals surface area contributed by atoms with Crippen molar-refractivity contribution in [1.82, 2.24) is 19.9 Å². The molecule has 2 heterocycles. The number of rotatable bonds is 6. The average Bonchev–Trinajstić information content (AvgIpc) is 2.72. The molecule has 2 aliphatic carbocycles. The highest BCUT2D eigenvalue weighted by Crippen LogP contribution is 2.25. The molecule has 2 N–H and O–H groups in total. The molecule has 0 radical (unpaired) electrons. The summed E-state index contributed by atoms with van der Waals surface area (Å²) in [4.78, 5) is 15.9. The fourth-order valence-corrected chi connectivity index (χ4v) is 3.73. The zero-order chi connectivity index (χ0) is 23.1. The lowest BCUT2D eigenvalue weighted by atomic mass is 9.93. The van der Waals surface area contributed by atoms with Crippen molar-refractivity contribution in [1.29, 1.82) is 10.5 Å². The van der Waals surface area contributed by atoms with E-state index in [-0.39, 0.29) is 16.8 Å². The van der Waals surface area contributed by atoms with Crippen LogP contribution in [0.15, 0.2) is 22.7 Å². The molecule has 0 spiro atoms. The molecule has 12 heteroatoms. The van der Waals surface area contributed by atoms with Gasteiger partial charge in [0.15, 0.2) is 5.16 Å². The van der Waals surface area contributed by atoms with Crippen molar-refractivity contribution in [3.63, 3.8) is 0 Å². The molecule has 168 valence electrons. The molecular weight excluding hydrogens is 448 g/mol. The zero-order valence-electron chi connectivity index (χ0n) is 17.9. The Morgan fingerprint density at radius 1 is 0.938 bits per heavy atom. The summed E-state index contributed by atoms with van der Waals surface area (Å²) in [6.45, 7) is 0. The van der Waals surface area contributed by atoms with Gasteiger partial charge in [0.2, 0.25) is 15.0 Å². The maximum absolute atomic E-state index is 11.3. The minimum Gasteiger partial charge on any atom is -0.366 e. The predicted octanol–water partition coefficient (Wildman–Crippen LogP) is 2.75. The topological polar surface area (TPSA) is 157 Å². The molecule has 2 fully saturated rings. The first-order valence-corrected chi connectivity index (χ1v) is 13.3. The quantitative estimate of drug-likeness (QED) is 0.470. The fourth-order valence-electron chi connectivity index (χ4n) is 2.88. The summed E-state index contributed by atoms with van der Waals surface area (Å²) >= 11 is 1.48. The standard InChI is InChI=1S/C10H12N4O2S.C10H12N4S/c1-17(15,16)10-12-6-7(5-11)9(14-10)13-8-3-2-4-8;1-15-10-12-6-7(5-11)9(14-10)13-8-3-2-4-8/h6,8H,2-4H2,1H3,(H,12,13,14);6,8H,2-4H2,1H3,(H,12,13,14). The molecule has 2 aromatic heterocycles. The predicted molar refractivity (Wildman–Crippen MR) is 121 cm³/mol. The first-order valence-electron chi connectivity index (χ1n) is 10.2. The van der Waals surface area contributed by atoms with E-state index in [9.17, 15) is 8.42 Å². The van der Waals surface area contributed by atoms with Gasteiger partial charge in [0, 0.05) is 18.3 Å². The lowest BCUT2D eigenvalue weighted by Crippen LogP contribution is -2.28. The lowest BCUT2D eigenvalue weighted by Gasteiger charge is -2.27. The van der Waals surface area contributed by atoms with Crippen LogP contribution in [-0.4, -0.2) is 52.9 Å². The van der Waals surface area contributed by atoms with Crippen molar-refractivity contribution < 1.29 is 8.42 Å². The number of nitrogens with one attached hydrogen (secondary N) is 2. The van der Waals surface area contributed by atoms with E-state index in [1.165, 1.54) is 37.2 Å². The molecule has 2 saturated carbocycles. The Balaban J connectivity index is 0.000000182. The SMILES string of the molecule is CS(=O)(=O)c1ncc(C#N)c(NC2CCC2)n1.CSc1ncc(C#N)c(NC2CCC2)n1. The van der Waals surface area contributed by atoms with Gasteiger partial charge in [-0.25, -0.2) is 23.4 Å². The second kappa shape index (κ2) is 10.6. The van der Waals surface area contributed by atoms with Gasteiger partial charge in [-0.1, -0.05) is 11.8 Å². The number of hydrogen-bond acceptors (Lipinski definition) is 11. The molecule has 32 heavy (non-hydrogen) atoms. The molecule has 0 saturated heterocycles. The van der Waals surface area contributed by atoms with Crippen LogP contribution in [0.4, 0.5) is 11.6 Å². The minimum atomic E-state index is -3.45. The summed E-state index contributed by atoms with van der Waals surface area (Å²) in [5, 5.41) is 24.6. The maximum atomic E-state index is 11.3. The molecule has 0 aromatic carbocycles. The summed E-state index contributed by atoms with van der Waals surface area (Å²) in [6.07, 6.45) is 12.6. The zero-order valence-corrected chi connectivity index (χ0v) is 19.5. The summed E-state index contributed by atoms with van der Waals surface area (Å²) in [5.41, 5.74) is 0.795. The first-order chi connectivity index (χ1) is 15.3. The van der Waals surface area contributed by atoms with Crippen molar-refractivity contribution in [2.45, 2.75) is 60.9 Å². The van der Waals surface area contributed by atoms with Crippen LogP contribution < -0.4 is 10.6 Å². The smallest absolute Gasteiger partial charge is 0.248 e. The van der Waals surface area contributed by atoms with Crippen molar-refractivity contribution in [3.05, 3.63) is 23.5 Å². The highest BCUT2D eigenvalue weighted by Gasteiger charge is 2.21. The number of aromatic nitrogens is 4. The van der Waals surface area contributed by atoms with Crippen LogP contribution in [0, 0.1) is 22.7 Å². The van der Waals surface area contributed by atoms with Crippen LogP contribution in [0.2, 0.25) is 0 Å². The molecule has 0 amide bonds. The molecule has 2 aromatic rings. The number of hydrogen-bond donors (Lipinski definition) is 2. The lowest BCUT2D eigenvalue weighted by molar-refractivity contribution is 0.444. The van der Waals surface area contributed by atoms with Crippen LogP contribution in [0.25, 0.3) is 0 Å². The van der Waals surface area contributed by atoms with Crippen LogP contribution in [0.5, 0.6) is 0 Å². The third-order valence-electron chi connectivity index (χ3n) is 5.18. The average molecular weight is 473 g/mol.